The third-order valence-electron chi connectivity index (χ3n) is 6.29. The van der Waals surface area contributed by atoms with Crippen molar-refractivity contribution < 1.29 is 14.6 Å². The van der Waals surface area contributed by atoms with Gasteiger partial charge in [0.2, 0.25) is 0 Å². The van der Waals surface area contributed by atoms with Crippen LogP contribution in [-0.2, 0) is 0 Å². The highest BCUT2D eigenvalue weighted by Crippen LogP contribution is 2.44. The van der Waals surface area contributed by atoms with Gasteiger partial charge in [-0.25, -0.2) is 4.79 Å². The number of benzene rings is 2. The van der Waals surface area contributed by atoms with E-state index in [0.717, 1.165) is 37.2 Å². The van der Waals surface area contributed by atoms with Crippen LogP contribution in [0.2, 0.25) is 0 Å². The molecule has 2 N–H and O–H groups in total. The SMILES string of the molecule is CC1(C)Oc2ccc(C#N)cc2C(N(CCNC(=O)N2CCCC2)c2ccccc2)C1O. The van der Waals surface area contributed by atoms with E-state index in [-0.39, 0.29) is 6.03 Å². The van der Waals surface area contributed by atoms with Crippen LogP contribution in [0.25, 0.3) is 0 Å². The van der Waals surface area contributed by atoms with Gasteiger partial charge in [-0.1, -0.05) is 18.2 Å². The number of amides is 2. The van der Waals surface area contributed by atoms with E-state index in [0.29, 0.717) is 24.4 Å². The van der Waals surface area contributed by atoms with Crippen LogP contribution in [0.3, 0.4) is 0 Å². The summed E-state index contributed by atoms with van der Waals surface area (Å²) in [6.45, 7) is 6.25. The van der Waals surface area contributed by atoms with Gasteiger partial charge < -0.3 is 25.0 Å². The van der Waals surface area contributed by atoms with Gasteiger partial charge in [0.1, 0.15) is 17.5 Å². The normalized spacial score (nSPS) is 21.2. The van der Waals surface area contributed by atoms with Crippen LogP contribution in [0, 0.1) is 11.3 Å². The summed E-state index contributed by atoms with van der Waals surface area (Å²) in [6, 6.07) is 16.9. The number of aliphatic hydroxyl groups is 1. The van der Waals surface area contributed by atoms with Crippen molar-refractivity contribution in [2.45, 2.75) is 44.4 Å². The van der Waals surface area contributed by atoms with Crippen LogP contribution in [0.1, 0.15) is 43.9 Å². The number of nitrogens with zero attached hydrogens (tertiary/aromatic N) is 3. The number of carbonyl (C=O) groups excluding carboxylic acids is 1. The van der Waals surface area contributed by atoms with E-state index < -0.39 is 17.7 Å². The van der Waals surface area contributed by atoms with Gasteiger partial charge >= 0.3 is 6.03 Å². The molecule has 2 atom stereocenters. The van der Waals surface area contributed by atoms with E-state index >= 15 is 0 Å². The number of fused-ring (bicyclic) bond motifs is 1. The molecule has 2 heterocycles. The number of para-hydroxylation sites is 1. The number of aliphatic hydroxyl groups excluding tert-OH is 1. The number of anilines is 1. The fourth-order valence-electron chi connectivity index (χ4n) is 4.54. The average Bonchev–Trinajstić information content (AvgIpc) is 3.34. The van der Waals surface area contributed by atoms with E-state index in [4.69, 9.17) is 4.74 Å². The maximum Gasteiger partial charge on any atom is 0.317 e. The van der Waals surface area contributed by atoms with Gasteiger partial charge in [-0.3, -0.25) is 0 Å². The predicted molar refractivity (Wildman–Crippen MR) is 123 cm³/mol. The van der Waals surface area contributed by atoms with Gasteiger partial charge in [-0.05, 0) is 57.0 Å². The van der Waals surface area contributed by atoms with Crippen LogP contribution in [-0.4, -0.2) is 53.9 Å². The van der Waals surface area contributed by atoms with E-state index in [9.17, 15) is 15.2 Å². The first-order valence-corrected chi connectivity index (χ1v) is 11.2. The lowest BCUT2D eigenvalue weighted by atomic mass is 9.84. The van der Waals surface area contributed by atoms with Crippen molar-refractivity contribution in [2.24, 2.45) is 0 Å². The van der Waals surface area contributed by atoms with Crippen LogP contribution < -0.4 is 15.0 Å². The second-order valence-corrected chi connectivity index (χ2v) is 8.91. The first kappa shape index (κ1) is 22.0. The molecule has 7 nitrogen and oxygen atoms in total. The minimum Gasteiger partial charge on any atom is -0.485 e. The summed E-state index contributed by atoms with van der Waals surface area (Å²) in [7, 11) is 0. The average molecular weight is 435 g/mol. The molecular formula is C25H30N4O3. The highest BCUT2D eigenvalue weighted by atomic mass is 16.5. The summed E-state index contributed by atoms with van der Waals surface area (Å²) in [5.74, 6) is 0.659. The van der Waals surface area contributed by atoms with Crippen LogP contribution in [0.5, 0.6) is 5.75 Å². The lowest BCUT2D eigenvalue weighted by Gasteiger charge is -2.47. The van der Waals surface area contributed by atoms with Gasteiger partial charge in [0.25, 0.3) is 0 Å². The molecule has 2 aliphatic heterocycles. The summed E-state index contributed by atoms with van der Waals surface area (Å²) < 4.78 is 6.10. The van der Waals surface area contributed by atoms with E-state index in [1.54, 1.807) is 18.2 Å². The maximum atomic E-state index is 12.5. The quantitative estimate of drug-likeness (QED) is 0.753. The Morgan fingerprint density at radius 2 is 1.97 bits per heavy atom. The molecule has 7 heteroatoms. The molecule has 1 fully saturated rings. The Morgan fingerprint density at radius 3 is 2.66 bits per heavy atom. The van der Waals surface area contributed by atoms with Crippen LogP contribution in [0.15, 0.2) is 48.5 Å². The molecule has 2 aliphatic rings. The van der Waals surface area contributed by atoms with E-state index in [1.807, 2.05) is 49.1 Å². The number of urea groups is 1. The molecule has 0 spiro atoms. The van der Waals surface area contributed by atoms with Gasteiger partial charge in [-0.2, -0.15) is 5.26 Å². The molecule has 4 rings (SSSR count). The standard InChI is InChI=1S/C25H30N4O3/c1-25(2)23(30)22(20-16-18(17-26)10-11-21(20)32-25)29(19-8-4-3-5-9-19)15-12-27-24(31)28-13-6-7-14-28/h3-5,8-11,16,22-23,30H,6-7,12-15H2,1-2H3,(H,27,31). The minimum atomic E-state index is -0.849. The smallest absolute Gasteiger partial charge is 0.317 e. The summed E-state index contributed by atoms with van der Waals surface area (Å²) in [4.78, 5) is 16.4. The third kappa shape index (κ3) is 4.37. The van der Waals surface area contributed by atoms with Crippen molar-refractivity contribution >= 4 is 11.7 Å². The number of ether oxygens (including phenoxy) is 1. The predicted octanol–water partition coefficient (Wildman–Crippen LogP) is 3.44. The molecule has 0 aromatic heterocycles. The van der Waals surface area contributed by atoms with Crippen molar-refractivity contribution in [3.05, 3.63) is 59.7 Å². The Labute approximate surface area is 189 Å². The summed E-state index contributed by atoms with van der Waals surface area (Å²) in [6.07, 6.45) is 1.24. The van der Waals surface area contributed by atoms with E-state index in [2.05, 4.69) is 16.3 Å². The Hall–Kier alpha value is -3.24. The molecule has 2 aromatic rings. The summed E-state index contributed by atoms with van der Waals surface area (Å²) in [5, 5.41) is 23.8. The minimum absolute atomic E-state index is 0.0458. The molecular weight excluding hydrogens is 404 g/mol. The maximum absolute atomic E-state index is 12.5. The number of nitriles is 1. The summed E-state index contributed by atoms with van der Waals surface area (Å²) >= 11 is 0. The Balaban J connectivity index is 1.65. The second-order valence-electron chi connectivity index (χ2n) is 8.91. The Bertz CT molecular complexity index is 996. The highest BCUT2D eigenvalue weighted by molar-refractivity contribution is 5.74. The zero-order valence-electron chi connectivity index (χ0n) is 18.6. The number of hydrogen-bond acceptors (Lipinski definition) is 5. The summed E-state index contributed by atoms with van der Waals surface area (Å²) in [5.41, 5.74) is 1.39. The van der Waals surface area contributed by atoms with Gasteiger partial charge in [0.15, 0.2) is 0 Å². The van der Waals surface area contributed by atoms with Crippen molar-refractivity contribution in [3.8, 4) is 11.8 Å². The van der Waals surface area contributed by atoms with Crippen LogP contribution in [0.4, 0.5) is 10.5 Å². The largest absolute Gasteiger partial charge is 0.485 e. The molecule has 0 radical (unpaired) electrons. The molecule has 0 aliphatic carbocycles. The van der Waals surface area contributed by atoms with Gasteiger partial charge in [0, 0.05) is 37.4 Å². The van der Waals surface area contributed by atoms with Gasteiger partial charge in [-0.15, -0.1) is 0 Å². The molecule has 2 unspecified atom stereocenters. The molecule has 168 valence electrons. The third-order valence-corrected chi connectivity index (χ3v) is 6.29. The number of rotatable bonds is 5. The van der Waals surface area contributed by atoms with Crippen molar-refractivity contribution in [3.63, 3.8) is 0 Å². The number of likely N-dealkylation sites (tertiary alicyclic amines) is 1. The van der Waals surface area contributed by atoms with Crippen LogP contribution >= 0.6 is 0 Å². The first-order valence-electron chi connectivity index (χ1n) is 11.2. The first-order chi connectivity index (χ1) is 15.4. The highest BCUT2D eigenvalue weighted by Gasteiger charge is 2.45. The lowest BCUT2D eigenvalue weighted by Crippen LogP contribution is -2.55. The van der Waals surface area contributed by atoms with Crippen molar-refractivity contribution in [1.82, 2.24) is 10.2 Å². The number of nitrogens with one attached hydrogen (secondary N) is 1. The molecule has 0 bridgehead atoms. The van der Waals surface area contributed by atoms with Crippen molar-refractivity contribution in [2.75, 3.05) is 31.1 Å². The zero-order chi connectivity index (χ0) is 22.7. The fourth-order valence-corrected chi connectivity index (χ4v) is 4.54. The Kier molecular flexibility index (Phi) is 6.24. The lowest BCUT2D eigenvalue weighted by molar-refractivity contribution is -0.0586. The molecule has 2 amide bonds. The topological polar surface area (TPSA) is 88.8 Å². The van der Waals surface area contributed by atoms with Gasteiger partial charge in [0.05, 0.1) is 17.7 Å². The fraction of sp³-hybridized carbons (Fsp3) is 0.440. The molecule has 1 saturated heterocycles. The van der Waals surface area contributed by atoms with Crippen molar-refractivity contribution in [1.29, 1.82) is 5.26 Å². The number of hydrogen-bond donors (Lipinski definition) is 2. The zero-order valence-corrected chi connectivity index (χ0v) is 18.6. The second kappa shape index (κ2) is 9.09. The molecule has 32 heavy (non-hydrogen) atoms. The van der Waals surface area contributed by atoms with E-state index in [1.165, 1.54) is 0 Å². The molecule has 2 aromatic carbocycles. The number of carbonyl (C=O) groups is 1. The monoisotopic (exact) mass is 434 g/mol. The molecule has 0 saturated carbocycles. The Morgan fingerprint density at radius 1 is 1.25 bits per heavy atom.